The smallest absolute Gasteiger partial charge is 0.390 e. The summed E-state index contributed by atoms with van der Waals surface area (Å²) in [7, 11) is 0. The first-order valence-electron chi connectivity index (χ1n) is 4.72. The van der Waals surface area contributed by atoms with E-state index in [1.807, 2.05) is 12.1 Å². The topological polar surface area (TPSA) is 97.6 Å². The van der Waals surface area contributed by atoms with Crippen LogP contribution in [0.5, 0.6) is 0 Å². The largest absolute Gasteiger partial charge is 0.490 e. The van der Waals surface area contributed by atoms with Gasteiger partial charge in [0.1, 0.15) is 0 Å². The first-order valence-corrected chi connectivity index (χ1v) is 4.72. The zero-order valence-corrected chi connectivity index (χ0v) is 8.65. The maximum atomic E-state index is 10.4. The van der Waals surface area contributed by atoms with Gasteiger partial charge in [0.2, 0.25) is 6.33 Å². The summed E-state index contributed by atoms with van der Waals surface area (Å²) in [4.78, 5) is 13.3. The van der Waals surface area contributed by atoms with Gasteiger partial charge in [-0.15, -0.1) is 0 Å². The second-order valence-corrected chi connectivity index (χ2v) is 3.31. The third-order valence-corrected chi connectivity index (χ3v) is 2.09. The van der Waals surface area contributed by atoms with Gasteiger partial charge in [-0.2, -0.15) is 9.94 Å². The number of hydrogen-bond acceptors (Lipinski definition) is 5. The fourth-order valence-electron chi connectivity index (χ4n) is 1.37. The van der Waals surface area contributed by atoms with Crippen molar-refractivity contribution in [3.63, 3.8) is 0 Å². The number of benzene rings is 1. The Labute approximate surface area is 96.1 Å². The van der Waals surface area contributed by atoms with Crippen molar-refractivity contribution in [1.29, 1.82) is 5.26 Å². The predicted octanol–water partition coefficient (Wildman–Crippen LogP) is 1.11. The maximum absolute atomic E-state index is 10.4. The van der Waals surface area contributed by atoms with Gasteiger partial charge in [-0.25, -0.2) is 0 Å². The van der Waals surface area contributed by atoms with E-state index in [2.05, 4.69) is 10.1 Å². The molecule has 0 spiro atoms. The molecule has 0 amide bonds. The quantitative estimate of drug-likeness (QED) is 0.579. The second kappa shape index (κ2) is 4.40. The van der Waals surface area contributed by atoms with E-state index in [1.54, 1.807) is 18.2 Å². The molecule has 0 radical (unpaired) electrons. The van der Waals surface area contributed by atoms with Crippen molar-refractivity contribution in [1.82, 2.24) is 14.8 Å². The molecule has 1 aromatic carbocycles. The molecule has 0 saturated heterocycles. The summed E-state index contributed by atoms with van der Waals surface area (Å²) in [5.41, 5.74) is 1.38. The Morgan fingerprint density at radius 3 is 3.00 bits per heavy atom. The van der Waals surface area contributed by atoms with Gasteiger partial charge in [-0.1, -0.05) is 17.1 Å². The Kier molecular flexibility index (Phi) is 2.79. The van der Waals surface area contributed by atoms with Crippen LogP contribution in [0.15, 0.2) is 30.6 Å². The molecule has 2 aromatic rings. The number of rotatable bonds is 3. The molecule has 17 heavy (non-hydrogen) atoms. The molecule has 0 atom stereocenters. The third-order valence-electron chi connectivity index (χ3n) is 2.09. The molecule has 7 heteroatoms. The molecule has 0 bridgehead atoms. The molecule has 84 valence electrons. The van der Waals surface area contributed by atoms with E-state index in [0.29, 0.717) is 12.1 Å². The van der Waals surface area contributed by atoms with Gasteiger partial charge in [0.15, 0.2) is 0 Å². The van der Waals surface area contributed by atoms with E-state index in [9.17, 15) is 10.1 Å². The van der Waals surface area contributed by atoms with Crippen molar-refractivity contribution in [2.75, 3.05) is 0 Å². The maximum Gasteiger partial charge on any atom is 0.490 e. The number of aromatic nitrogens is 3. The highest BCUT2D eigenvalue weighted by molar-refractivity contribution is 5.32. The molecular weight excluding hydrogens is 222 g/mol. The molecule has 0 aliphatic rings. The van der Waals surface area contributed by atoms with Gasteiger partial charge in [0.25, 0.3) is 0 Å². The summed E-state index contributed by atoms with van der Waals surface area (Å²) in [6.45, 7) is 0.344. The molecule has 0 aliphatic carbocycles. The number of nitriles is 1. The van der Waals surface area contributed by atoms with Crippen LogP contribution in [0.25, 0.3) is 0 Å². The minimum atomic E-state index is -0.651. The fourth-order valence-corrected chi connectivity index (χ4v) is 1.37. The summed E-state index contributed by atoms with van der Waals surface area (Å²) < 4.78 is 1.36. The summed E-state index contributed by atoms with van der Waals surface area (Å²) in [5, 5.41) is 22.8. The van der Waals surface area contributed by atoms with Crippen molar-refractivity contribution in [2.24, 2.45) is 0 Å². The number of nitro groups is 1. The van der Waals surface area contributed by atoms with Crippen LogP contribution in [0, 0.1) is 21.4 Å². The highest BCUT2D eigenvalue weighted by Crippen LogP contribution is 2.07. The van der Waals surface area contributed by atoms with Gasteiger partial charge in [-0.3, -0.25) is 0 Å². The number of hydrogen-bond donors (Lipinski definition) is 0. The Morgan fingerprint density at radius 2 is 2.35 bits per heavy atom. The lowest BCUT2D eigenvalue weighted by Gasteiger charge is -1.98. The van der Waals surface area contributed by atoms with Crippen LogP contribution in [0.4, 0.5) is 5.95 Å². The van der Waals surface area contributed by atoms with Crippen molar-refractivity contribution in [3.05, 3.63) is 51.8 Å². The predicted molar refractivity (Wildman–Crippen MR) is 56.9 cm³/mol. The normalized spacial score (nSPS) is 9.82. The van der Waals surface area contributed by atoms with Gasteiger partial charge >= 0.3 is 5.95 Å². The summed E-state index contributed by atoms with van der Waals surface area (Å²) in [6.07, 6.45) is 1.29. The van der Waals surface area contributed by atoms with Gasteiger partial charge in [0, 0.05) is 5.10 Å². The van der Waals surface area contributed by atoms with Crippen LogP contribution in [0.2, 0.25) is 0 Å². The summed E-state index contributed by atoms with van der Waals surface area (Å²) >= 11 is 0. The van der Waals surface area contributed by atoms with Crippen LogP contribution in [-0.4, -0.2) is 19.7 Å². The average Bonchev–Trinajstić information content (AvgIpc) is 2.78. The summed E-state index contributed by atoms with van der Waals surface area (Å²) in [5.74, 6) is -0.429. The van der Waals surface area contributed by atoms with Crippen LogP contribution >= 0.6 is 0 Å². The van der Waals surface area contributed by atoms with E-state index < -0.39 is 10.9 Å². The molecule has 0 N–H and O–H groups in total. The monoisotopic (exact) mass is 229 g/mol. The van der Waals surface area contributed by atoms with E-state index in [4.69, 9.17) is 5.26 Å². The highest BCUT2D eigenvalue weighted by Gasteiger charge is 2.12. The van der Waals surface area contributed by atoms with E-state index in [1.165, 1.54) is 11.0 Å². The molecule has 1 aromatic heterocycles. The van der Waals surface area contributed by atoms with Gasteiger partial charge in [0.05, 0.1) is 18.2 Å². The Hall–Kier alpha value is -2.75. The zero-order chi connectivity index (χ0) is 12.3. The molecule has 0 fully saturated rings. The third kappa shape index (κ3) is 2.43. The molecule has 7 nitrogen and oxygen atoms in total. The van der Waals surface area contributed by atoms with Crippen molar-refractivity contribution in [3.8, 4) is 6.07 Å². The van der Waals surface area contributed by atoms with Crippen molar-refractivity contribution in [2.45, 2.75) is 6.54 Å². The van der Waals surface area contributed by atoms with Gasteiger partial charge < -0.3 is 10.1 Å². The Bertz CT molecular complexity index is 599. The molecule has 2 rings (SSSR count). The van der Waals surface area contributed by atoms with Crippen molar-refractivity contribution >= 4 is 5.95 Å². The Balaban J connectivity index is 2.19. The van der Waals surface area contributed by atoms with E-state index >= 15 is 0 Å². The van der Waals surface area contributed by atoms with Crippen LogP contribution in [-0.2, 0) is 6.54 Å². The standard InChI is InChI=1S/C10H7N5O2/c11-5-8-2-1-3-9(4-8)6-14-7-12-10(13-14)15(16)17/h1-4,7H,6H2. The summed E-state index contributed by atoms with van der Waals surface area (Å²) in [6, 6.07) is 8.98. The lowest BCUT2D eigenvalue weighted by molar-refractivity contribution is -0.394. The van der Waals surface area contributed by atoms with Crippen LogP contribution in [0.3, 0.4) is 0 Å². The minimum Gasteiger partial charge on any atom is -0.390 e. The molecule has 0 saturated carbocycles. The molecule has 0 aliphatic heterocycles. The first-order chi connectivity index (χ1) is 8.19. The van der Waals surface area contributed by atoms with Crippen LogP contribution in [0.1, 0.15) is 11.1 Å². The van der Waals surface area contributed by atoms with E-state index in [0.717, 1.165) is 5.56 Å². The zero-order valence-electron chi connectivity index (χ0n) is 8.65. The SMILES string of the molecule is N#Cc1cccc(Cn2cnc([N+](=O)[O-])n2)c1. The average molecular weight is 229 g/mol. The van der Waals surface area contributed by atoms with E-state index in [-0.39, 0.29) is 0 Å². The lowest BCUT2D eigenvalue weighted by Crippen LogP contribution is -2.01. The van der Waals surface area contributed by atoms with Crippen LogP contribution < -0.4 is 0 Å². The van der Waals surface area contributed by atoms with Gasteiger partial charge in [-0.05, 0) is 22.6 Å². The molecule has 1 heterocycles. The first kappa shape index (κ1) is 10.8. The minimum absolute atomic E-state index is 0.344. The Morgan fingerprint density at radius 1 is 1.53 bits per heavy atom. The van der Waals surface area contributed by atoms with Crippen molar-refractivity contribution < 1.29 is 4.92 Å². The second-order valence-electron chi connectivity index (χ2n) is 3.31. The number of nitrogens with zero attached hydrogens (tertiary/aromatic N) is 5. The highest BCUT2D eigenvalue weighted by atomic mass is 16.6. The lowest BCUT2D eigenvalue weighted by atomic mass is 10.1. The molecule has 0 unspecified atom stereocenters. The molecular formula is C10H7N5O2. The fraction of sp³-hybridized carbons (Fsp3) is 0.100.